The van der Waals surface area contributed by atoms with Crippen LogP contribution in [0.3, 0.4) is 0 Å². The quantitative estimate of drug-likeness (QED) is 0.657. The summed E-state index contributed by atoms with van der Waals surface area (Å²) < 4.78 is 4.80. The third kappa shape index (κ3) is 5.80. The minimum absolute atomic E-state index is 0.277. The van der Waals surface area contributed by atoms with E-state index in [0.29, 0.717) is 16.1 Å². The van der Waals surface area contributed by atoms with E-state index in [0.717, 1.165) is 25.7 Å². The average Bonchev–Trinajstić information content (AvgIpc) is 3.08. The predicted molar refractivity (Wildman–Crippen MR) is 112 cm³/mol. The van der Waals surface area contributed by atoms with Crippen molar-refractivity contribution in [3.63, 3.8) is 0 Å². The van der Waals surface area contributed by atoms with Crippen LogP contribution in [0.15, 0.2) is 30.3 Å². The van der Waals surface area contributed by atoms with Crippen molar-refractivity contribution in [2.75, 3.05) is 11.9 Å². The molecule has 8 heteroatoms. The van der Waals surface area contributed by atoms with Gasteiger partial charge in [0, 0.05) is 16.1 Å². The van der Waals surface area contributed by atoms with Crippen LogP contribution in [0.2, 0.25) is 0 Å². The summed E-state index contributed by atoms with van der Waals surface area (Å²) in [5, 5.41) is 2.55. The lowest BCUT2D eigenvalue weighted by molar-refractivity contribution is 0.0849. The third-order valence-electron chi connectivity index (χ3n) is 4.68. The Morgan fingerprint density at radius 3 is 2.38 bits per heavy atom. The lowest BCUT2D eigenvalue weighted by Crippen LogP contribution is -2.41. The summed E-state index contributed by atoms with van der Waals surface area (Å²) in [5.74, 6) is -0.744. The predicted octanol–water partition coefficient (Wildman–Crippen LogP) is 4.05. The highest BCUT2D eigenvalue weighted by molar-refractivity contribution is 7.14. The molecular formula is C21H25N3O4S. The molecule has 0 atom stereocenters. The van der Waals surface area contributed by atoms with Crippen LogP contribution in [0.25, 0.3) is 0 Å². The van der Waals surface area contributed by atoms with Crippen molar-refractivity contribution in [1.82, 2.24) is 10.9 Å². The van der Waals surface area contributed by atoms with Crippen molar-refractivity contribution >= 4 is 34.9 Å². The summed E-state index contributed by atoms with van der Waals surface area (Å²) in [6.07, 6.45) is 6.27. The van der Waals surface area contributed by atoms with Crippen molar-refractivity contribution in [3.05, 3.63) is 51.2 Å². The normalized spacial score (nSPS) is 13.4. The van der Waals surface area contributed by atoms with Crippen molar-refractivity contribution < 1.29 is 19.1 Å². The zero-order valence-corrected chi connectivity index (χ0v) is 17.2. The monoisotopic (exact) mass is 415 g/mol. The van der Waals surface area contributed by atoms with Gasteiger partial charge in [-0.25, -0.2) is 4.79 Å². The van der Waals surface area contributed by atoms with Gasteiger partial charge in [-0.2, -0.15) is 0 Å². The van der Waals surface area contributed by atoms with Gasteiger partial charge >= 0.3 is 6.09 Å². The molecule has 3 rings (SSSR count). The maximum atomic E-state index is 12.4. The Morgan fingerprint density at radius 1 is 0.966 bits per heavy atom. The van der Waals surface area contributed by atoms with Gasteiger partial charge in [-0.1, -0.05) is 12.8 Å². The Hall–Kier alpha value is -2.87. The summed E-state index contributed by atoms with van der Waals surface area (Å²) in [4.78, 5) is 38.0. The lowest BCUT2D eigenvalue weighted by atomic mass is 10.00. The minimum atomic E-state index is -0.554. The summed E-state index contributed by atoms with van der Waals surface area (Å²) in [6.45, 7) is 1.99. The van der Waals surface area contributed by atoms with Gasteiger partial charge in [0.2, 0.25) is 0 Å². The molecule has 2 aromatic rings. The second-order valence-corrected chi connectivity index (χ2v) is 7.94. The van der Waals surface area contributed by atoms with Gasteiger partial charge in [-0.3, -0.25) is 25.8 Å². The standard InChI is InChI=1S/C21H25N3O4S/c1-2-28-21(27)22-16-11-9-14(10-12-16)19(25)23-24-20(26)18-13-15-7-5-3-4-6-8-17(15)29-18/h9-13H,2-8H2,1H3,(H,22,27)(H,23,25)(H,24,26). The first-order valence-corrected chi connectivity index (χ1v) is 10.6. The molecule has 29 heavy (non-hydrogen) atoms. The molecule has 0 fully saturated rings. The smallest absolute Gasteiger partial charge is 0.411 e. The molecule has 0 bridgehead atoms. The van der Waals surface area contributed by atoms with E-state index in [1.165, 1.54) is 34.6 Å². The van der Waals surface area contributed by atoms with Gasteiger partial charge in [0.1, 0.15) is 0 Å². The van der Waals surface area contributed by atoms with Crippen molar-refractivity contribution in [2.45, 2.75) is 45.4 Å². The maximum Gasteiger partial charge on any atom is 0.411 e. The van der Waals surface area contributed by atoms with Crippen molar-refractivity contribution in [3.8, 4) is 0 Å². The number of amides is 3. The molecular weight excluding hydrogens is 390 g/mol. The van der Waals surface area contributed by atoms with Gasteiger partial charge in [-0.15, -0.1) is 11.3 Å². The molecule has 1 aromatic carbocycles. The number of rotatable bonds is 4. The van der Waals surface area contributed by atoms with Crippen LogP contribution in [0, 0.1) is 0 Å². The van der Waals surface area contributed by atoms with Crippen LogP contribution < -0.4 is 16.2 Å². The highest BCUT2D eigenvalue weighted by Crippen LogP contribution is 2.28. The first kappa shape index (κ1) is 20.9. The van der Waals surface area contributed by atoms with E-state index in [4.69, 9.17) is 4.74 Å². The molecule has 7 nitrogen and oxygen atoms in total. The molecule has 1 aliphatic rings. The SMILES string of the molecule is CCOC(=O)Nc1ccc(C(=O)NNC(=O)c2cc3c(s2)CCCCCC3)cc1. The van der Waals surface area contributed by atoms with E-state index in [2.05, 4.69) is 16.2 Å². The summed E-state index contributed by atoms with van der Waals surface area (Å²) in [6, 6.07) is 8.24. The van der Waals surface area contributed by atoms with Gasteiger partial charge in [0.05, 0.1) is 11.5 Å². The fourth-order valence-electron chi connectivity index (χ4n) is 3.19. The molecule has 1 heterocycles. The average molecular weight is 416 g/mol. The highest BCUT2D eigenvalue weighted by Gasteiger charge is 2.16. The van der Waals surface area contributed by atoms with E-state index in [-0.39, 0.29) is 12.5 Å². The van der Waals surface area contributed by atoms with E-state index in [1.54, 1.807) is 31.2 Å². The first-order valence-electron chi connectivity index (χ1n) is 9.83. The largest absolute Gasteiger partial charge is 0.450 e. The second kappa shape index (κ2) is 10.1. The number of fused-ring (bicyclic) bond motifs is 1. The third-order valence-corrected chi connectivity index (χ3v) is 5.91. The first-order chi connectivity index (χ1) is 14.1. The van der Waals surface area contributed by atoms with Crippen LogP contribution in [0.4, 0.5) is 10.5 Å². The lowest BCUT2D eigenvalue weighted by Gasteiger charge is -2.08. The zero-order valence-electron chi connectivity index (χ0n) is 16.4. The molecule has 1 aromatic heterocycles. The molecule has 0 saturated carbocycles. The number of aryl methyl sites for hydroxylation is 2. The van der Waals surface area contributed by atoms with E-state index < -0.39 is 12.0 Å². The van der Waals surface area contributed by atoms with Crippen molar-refractivity contribution in [1.29, 1.82) is 0 Å². The van der Waals surface area contributed by atoms with Gasteiger partial charge in [-0.05, 0) is 68.5 Å². The number of ether oxygens (including phenoxy) is 1. The fourth-order valence-corrected chi connectivity index (χ4v) is 4.34. The number of benzene rings is 1. The molecule has 0 aliphatic heterocycles. The Bertz CT molecular complexity index is 851. The van der Waals surface area contributed by atoms with Crippen molar-refractivity contribution in [2.24, 2.45) is 0 Å². The number of hydrazine groups is 1. The number of anilines is 1. The number of carbonyl (C=O) groups excluding carboxylic acids is 3. The zero-order chi connectivity index (χ0) is 20.6. The number of thiophene rings is 1. The number of carbonyl (C=O) groups is 3. The molecule has 3 N–H and O–H groups in total. The molecule has 154 valence electrons. The number of hydrogen-bond donors (Lipinski definition) is 3. The van der Waals surface area contributed by atoms with Gasteiger partial charge < -0.3 is 4.74 Å². The van der Waals surface area contributed by atoms with E-state index in [1.807, 2.05) is 6.07 Å². The summed E-state index contributed by atoms with van der Waals surface area (Å²) in [5.41, 5.74) is 7.06. The maximum absolute atomic E-state index is 12.4. The van der Waals surface area contributed by atoms with Crippen LogP contribution in [-0.4, -0.2) is 24.5 Å². The van der Waals surface area contributed by atoms with E-state index >= 15 is 0 Å². The second-order valence-electron chi connectivity index (χ2n) is 6.80. The van der Waals surface area contributed by atoms with Gasteiger partial charge in [0.25, 0.3) is 11.8 Å². The Kier molecular flexibility index (Phi) is 7.24. The summed E-state index contributed by atoms with van der Waals surface area (Å²) in [7, 11) is 0. The van der Waals surface area contributed by atoms with Gasteiger partial charge in [0.15, 0.2) is 0 Å². The van der Waals surface area contributed by atoms with Crippen LogP contribution in [-0.2, 0) is 17.6 Å². The fraction of sp³-hybridized carbons (Fsp3) is 0.381. The Balaban J connectivity index is 1.54. The topological polar surface area (TPSA) is 96.5 Å². The molecule has 0 unspecified atom stereocenters. The number of nitrogens with one attached hydrogen (secondary N) is 3. The minimum Gasteiger partial charge on any atom is -0.450 e. The molecule has 0 spiro atoms. The van der Waals surface area contributed by atoms with E-state index in [9.17, 15) is 14.4 Å². The van der Waals surface area contributed by atoms with Crippen LogP contribution >= 0.6 is 11.3 Å². The Labute approximate surface area is 173 Å². The summed E-state index contributed by atoms with van der Waals surface area (Å²) >= 11 is 1.51. The molecule has 3 amide bonds. The highest BCUT2D eigenvalue weighted by atomic mass is 32.1. The molecule has 1 aliphatic carbocycles. The van der Waals surface area contributed by atoms with Crippen LogP contribution in [0.5, 0.6) is 0 Å². The molecule has 0 radical (unpaired) electrons. The van der Waals surface area contributed by atoms with Crippen LogP contribution in [0.1, 0.15) is 63.1 Å². The molecule has 0 saturated heterocycles. The Morgan fingerprint density at radius 2 is 1.66 bits per heavy atom. The number of hydrogen-bond acceptors (Lipinski definition) is 5.